The van der Waals surface area contributed by atoms with Crippen molar-refractivity contribution in [3.63, 3.8) is 0 Å². The highest BCUT2D eigenvalue weighted by molar-refractivity contribution is 5.91. The number of carbonyl (C=O) groups excluding carboxylic acids is 1. The minimum absolute atomic E-state index is 0.0808. The number of nitrogens with one attached hydrogen (secondary N) is 1. The van der Waals surface area contributed by atoms with E-state index >= 15 is 0 Å². The van der Waals surface area contributed by atoms with E-state index in [-0.39, 0.29) is 12.5 Å². The Labute approximate surface area is 119 Å². The van der Waals surface area contributed by atoms with Gasteiger partial charge in [-0.05, 0) is 37.1 Å². The van der Waals surface area contributed by atoms with Gasteiger partial charge in [-0.25, -0.2) is 0 Å². The Balaban J connectivity index is 2.08. The Morgan fingerprint density at radius 1 is 1.15 bits per heavy atom. The van der Waals surface area contributed by atoms with Crippen LogP contribution < -0.4 is 14.6 Å². The number of methoxy groups -OCH3 is 1. The highest BCUT2D eigenvalue weighted by Crippen LogP contribution is 2.24. The molecule has 1 aromatic carbocycles. The summed E-state index contributed by atoms with van der Waals surface area (Å²) in [6.07, 6.45) is 3.78. The van der Waals surface area contributed by atoms with Crippen LogP contribution in [0.1, 0.15) is 11.1 Å². The van der Waals surface area contributed by atoms with Gasteiger partial charge in [-0.3, -0.25) is 4.79 Å². The van der Waals surface area contributed by atoms with E-state index in [1.165, 1.54) is 5.56 Å². The largest absolute Gasteiger partial charge is 0.495 e. The van der Waals surface area contributed by atoms with Gasteiger partial charge >= 0.3 is 0 Å². The van der Waals surface area contributed by atoms with Gasteiger partial charge < -0.3 is 10.1 Å². The number of nitrogens with zero attached hydrogens (tertiary/aromatic N) is 1. The minimum Gasteiger partial charge on any atom is -0.495 e. The number of rotatable bonds is 4. The van der Waals surface area contributed by atoms with E-state index in [4.69, 9.17) is 4.74 Å². The molecule has 20 heavy (non-hydrogen) atoms. The second-order valence-electron chi connectivity index (χ2n) is 4.80. The molecule has 2 aromatic rings. The number of ether oxygens (including phenoxy) is 1. The first-order valence-corrected chi connectivity index (χ1v) is 6.48. The lowest BCUT2D eigenvalue weighted by Gasteiger charge is -2.09. The first-order chi connectivity index (χ1) is 9.58. The second kappa shape index (κ2) is 6.19. The van der Waals surface area contributed by atoms with Crippen LogP contribution in [-0.2, 0) is 11.3 Å². The standard InChI is InChI=1S/C16H18N2O2/c1-12-6-8-18(9-7-12)11-16(19)17-14-10-13(2)4-5-15(14)20-3/h4-10H,11H2,1-3H3/p+1. The van der Waals surface area contributed by atoms with Crippen LogP contribution in [0.15, 0.2) is 42.7 Å². The average Bonchev–Trinajstić information content (AvgIpc) is 2.41. The number of benzene rings is 1. The predicted molar refractivity (Wildman–Crippen MR) is 77.7 cm³/mol. The summed E-state index contributed by atoms with van der Waals surface area (Å²) in [5.74, 6) is 0.584. The van der Waals surface area contributed by atoms with Crippen molar-refractivity contribution in [1.29, 1.82) is 0 Å². The van der Waals surface area contributed by atoms with Crippen LogP contribution in [0.25, 0.3) is 0 Å². The topological polar surface area (TPSA) is 42.2 Å². The zero-order valence-corrected chi connectivity index (χ0v) is 12.0. The molecule has 0 saturated heterocycles. The van der Waals surface area contributed by atoms with Gasteiger partial charge in [-0.1, -0.05) is 6.07 Å². The highest BCUT2D eigenvalue weighted by atomic mass is 16.5. The van der Waals surface area contributed by atoms with Crippen LogP contribution in [-0.4, -0.2) is 13.0 Å². The van der Waals surface area contributed by atoms with Gasteiger partial charge in [-0.15, -0.1) is 0 Å². The summed E-state index contributed by atoms with van der Waals surface area (Å²) < 4.78 is 7.08. The molecule has 0 bridgehead atoms. The maximum Gasteiger partial charge on any atom is 0.290 e. The van der Waals surface area contributed by atoms with Gasteiger partial charge in [0.05, 0.1) is 12.8 Å². The summed E-state index contributed by atoms with van der Waals surface area (Å²) in [4.78, 5) is 12.1. The zero-order valence-electron chi connectivity index (χ0n) is 12.0. The number of hydrogen-bond acceptors (Lipinski definition) is 2. The van der Waals surface area contributed by atoms with E-state index in [0.29, 0.717) is 11.4 Å². The maximum absolute atomic E-state index is 12.1. The van der Waals surface area contributed by atoms with Gasteiger partial charge in [0, 0.05) is 12.1 Å². The fourth-order valence-electron chi connectivity index (χ4n) is 1.91. The lowest BCUT2D eigenvalue weighted by Crippen LogP contribution is -2.39. The zero-order chi connectivity index (χ0) is 14.5. The van der Waals surface area contributed by atoms with Crippen LogP contribution in [0, 0.1) is 13.8 Å². The molecule has 0 aliphatic carbocycles. The molecular formula is C16H19N2O2+. The Morgan fingerprint density at radius 2 is 1.85 bits per heavy atom. The lowest BCUT2D eigenvalue weighted by molar-refractivity contribution is -0.684. The number of anilines is 1. The molecular weight excluding hydrogens is 252 g/mol. The molecule has 0 atom stereocenters. The lowest BCUT2D eigenvalue weighted by atomic mass is 10.2. The number of carbonyl (C=O) groups is 1. The molecule has 2 rings (SSSR count). The molecule has 0 radical (unpaired) electrons. The molecule has 104 valence electrons. The number of pyridine rings is 1. The summed E-state index contributed by atoms with van der Waals surface area (Å²) in [6.45, 7) is 4.27. The Kier molecular flexibility index (Phi) is 4.35. The van der Waals surface area contributed by atoms with Gasteiger partial charge in [0.2, 0.25) is 6.54 Å². The summed E-state index contributed by atoms with van der Waals surface area (Å²) >= 11 is 0. The molecule has 0 aliphatic heterocycles. The van der Waals surface area contributed by atoms with Crippen LogP contribution >= 0.6 is 0 Å². The van der Waals surface area contributed by atoms with Crippen molar-refractivity contribution in [2.45, 2.75) is 20.4 Å². The molecule has 4 nitrogen and oxygen atoms in total. The van der Waals surface area contributed by atoms with Crippen LogP contribution in [0.5, 0.6) is 5.75 Å². The van der Waals surface area contributed by atoms with E-state index in [9.17, 15) is 4.79 Å². The maximum atomic E-state index is 12.1. The van der Waals surface area contributed by atoms with Crippen molar-refractivity contribution in [3.05, 3.63) is 53.9 Å². The molecule has 0 fully saturated rings. The van der Waals surface area contributed by atoms with Gasteiger partial charge in [0.25, 0.3) is 5.91 Å². The van der Waals surface area contributed by atoms with Crippen LogP contribution in [0.4, 0.5) is 5.69 Å². The molecule has 0 spiro atoms. The Morgan fingerprint density at radius 3 is 2.50 bits per heavy atom. The summed E-state index contributed by atoms with van der Waals surface area (Å²) in [6, 6.07) is 9.64. The van der Waals surface area contributed by atoms with E-state index in [1.54, 1.807) is 7.11 Å². The second-order valence-corrected chi connectivity index (χ2v) is 4.80. The Bertz CT molecular complexity index is 606. The minimum atomic E-state index is -0.0808. The van der Waals surface area contributed by atoms with Crippen molar-refractivity contribution in [3.8, 4) is 5.75 Å². The summed E-state index contributed by atoms with van der Waals surface area (Å²) in [5.41, 5.74) is 2.94. The van der Waals surface area contributed by atoms with Crippen molar-refractivity contribution in [2.24, 2.45) is 0 Å². The SMILES string of the molecule is COc1ccc(C)cc1NC(=O)C[n+]1ccc(C)cc1. The van der Waals surface area contributed by atoms with Crippen LogP contribution in [0.3, 0.4) is 0 Å². The number of hydrogen-bond donors (Lipinski definition) is 1. The molecule has 0 aliphatic rings. The van der Waals surface area contributed by atoms with Gasteiger partial charge in [-0.2, -0.15) is 4.57 Å². The molecule has 4 heteroatoms. The number of aryl methyl sites for hydroxylation is 2. The molecule has 1 heterocycles. The monoisotopic (exact) mass is 271 g/mol. The van der Waals surface area contributed by atoms with Gasteiger partial charge in [0.15, 0.2) is 12.4 Å². The average molecular weight is 271 g/mol. The molecule has 0 unspecified atom stereocenters. The summed E-state index contributed by atoms with van der Waals surface area (Å²) in [7, 11) is 1.59. The Hall–Kier alpha value is -2.36. The first kappa shape index (κ1) is 14.1. The fraction of sp³-hybridized carbons (Fsp3) is 0.250. The molecule has 1 aromatic heterocycles. The fourth-order valence-corrected chi connectivity index (χ4v) is 1.91. The van der Waals surface area contributed by atoms with Crippen molar-refractivity contribution in [2.75, 3.05) is 12.4 Å². The van der Waals surface area contributed by atoms with E-state index < -0.39 is 0 Å². The van der Waals surface area contributed by atoms with Crippen molar-refractivity contribution < 1.29 is 14.1 Å². The smallest absolute Gasteiger partial charge is 0.290 e. The quantitative estimate of drug-likeness (QED) is 0.867. The highest BCUT2D eigenvalue weighted by Gasteiger charge is 2.12. The summed E-state index contributed by atoms with van der Waals surface area (Å²) in [5, 5.41) is 2.88. The van der Waals surface area contributed by atoms with E-state index in [1.807, 2.05) is 61.1 Å². The first-order valence-electron chi connectivity index (χ1n) is 6.48. The van der Waals surface area contributed by atoms with E-state index in [2.05, 4.69) is 5.32 Å². The molecule has 0 saturated carbocycles. The molecule has 1 amide bonds. The third-order valence-corrected chi connectivity index (χ3v) is 3.01. The normalized spacial score (nSPS) is 10.2. The van der Waals surface area contributed by atoms with E-state index in [0.717, 1.165) is 5.56 Å². The third kappa shape index (κ3) is 3.57. The predicted octanol–water partition coefficient (Wildman–Crippen LogP) is 2.24. The third-order valence-electron chi connectivity index (χ3n) is 3.01. The van der Waals surface area contributed by atoms with Gasteiger partial charge in [0.1, 0.15) is 5.75 Å². The van der Waals surface area contributed by atoms with Crippen molar-refractivity contribution >= 4 is 11.6 Å². The number of amides is 1. The molecule has 1 N–H and O–H groups in total. The number of aromatic nitrogens is 1. The van der Waals surface area contributed by atoms with Crippen LogP contribution in [0.2, 0.25) is 0 Å². The van der Waals surface area contributed by atoms with Crippen molar-refractivity contribution in [1.82, 2.24) is 0 Å².